The van der Waals surface area contributed by atoms with Gasteiger partial charge in [-0.15, -0.1) is 11.3 Å². The molecule has 3 amide bonds. The zero-order chi connectivity index (χ0) is 33.5. The van der Waals surface area contributed by atoms with Crippen LogP contribution in [-0.2, 0) is 14.2 Å². The number of hydrogen-bond acceptors (Lipinski definition) is 7. The van der Waals surface area contributed by atoms with Crippen molar-refractivity contribution in [1.29, 1.82) is 5.26 Å². The van der Waals surface area contributed by atoms with Gasteiger partial charge in [-0.05, 0) is 60.5 Å². The van der Waals surface area contributed by atoms with Crippen LogP contribution in [0.2, 0.25) is 0 Å². The normalized spacial score (nSPS) is 26.0. The number of benzene rings is 2. The van der Waals surface area contributed by atoms with Gasteiger partial charge in [-0.1, -0.05) is 43.3 Å². The van der Waals surface area contributed by atoms with E-state index in [4.69, 9.17) is 0 Å². The van der Waals surface area contributed by atoms with E-state index in [1.54, 1.807) is 9.80 Å². The molecule has 3 saturated heterocycles. The highest BCUT2D eigenvalue weighted by Crippen LogP contribution is 2.53. The minimum atomic E-state index is -5.00. The van der Waals surface area contributed by atoms with Crippen molar-refractivity contribution in [2.24, 2.45) is 5.92 Å². The number of nitrogens with zero attached hydrogens (tertiary/aromatic N) is 4. The van der Waals surface area contributed by atoms with Gasteiger partial charge in [0.15, 0.2) is 0 Å². The fourth-order valence-corrected chi connectivity index (χ4v) is 8.68. The topological polar surface area (TPSA) is 154 Å². The molecular formula is C33H37FN5O6PS. The zero-order valence-corrected chi connectivity index (χ0v) is 27.6. The Bertz CT molecular complexity index is 1760. The van der Waals surface area contributed by atoms with Crippen LogP contribution < -0.4 is 5.32 Å². The lowest BCUT2D eigenvalue weighted by atomic mass is 9.90. The monoisotopic (exact) mass is 681 g/mol. The van der Waals surface area contributed by atoms with E-state index in [1.165, 1.54) is 24.3 Å². The minimum absolute atomic E-state index is 0.111. The molecule has 0 bridgehead atoms. The van der Waals surface area contributed by atoms with Crippen molar-refractivity contribution in [2.45, 2.75) is 56.1 Å². The van der Waals surface area contributed by atoms with Gasteiger partial charge >= 0.3 is 7.60 Å². The average Bonchev–Trinajstić information content (AvgIpc) is 3.80. The number of carbonyl (C=O) groups excluding carboxylic acids is 3. The molecule has 4 heterocycles. The van der Waals surface area contributed by atoms with E-state index >= 15 is 0 Å². The van der Waals surface area contributed by atoms with Crippen molar-refractivity contribution in [3.05, 3.63) is 70.6 Å². The van der Waals surface area contributed by atoms with Crippen LogP contribution in [-0.4, -0.2) is 93.1 Å². The van der Waals surface area contributed by atoms with E-state index < -0.39 is 31.5 Å². The van der Waals surface area contributed by atoms with Crippen LogP contribution in [0.3, 0.4) is 0 Å². The third-order valence-electron chi connectivity index (χ3n) is 9.67. The van der Waals surface area contributed by atoms with E-state index in [1.807, 2.05) is 37.3 Å². The third-order valence-corrected chi connectivity index (χ3v) is 11.7. The maximum absolute atomic E-state index is 14.3. The van der Waals surface area contributed by atoms with E-state index in [9.17, 15) is 38.4 Å². The number of halogens is 1. The van der Waals surface area contributed by atoms with Crippen molar-refractivity contribution in [3.8, 4) is 6.07 Å². The Morgan fingerprint density at radius 1 is 1.11 bits per heavy atom. The van der Waals surface area contributed by atoms with Crippen LogP contribution in [0.25, 0.3) is 10.1 Å². The lowest BCUT2D eigenvalue weighted by molar-refractivity contribution is -0.147. The van der Waals surface area contributed by atoms with E-state index in [0.717, 1.165) is 16.9 Å². The smallest absolute Gasteiger partial charge is 0.339 e. The van der Waals surface area contributed by atoms with Crippen LogP contribution in [0.4, 0.5) is 4.39 Å². The number of rotatable bonds is 7. The van der Waals surface area contributed by atoms with Gasteiger partial charge in [0.25, 0.3) is 5.91 Å². The van der Waals surface area contributed by atoms with E-state index in [0.29, 0.717) is 55.5 Å². The number of nitriles is 1. The average molecular weight is 682 g/mol. The highest BCUT2D eigenvalue weighted by Gasteiger charge is 2.48. The second kappa shape index (κ2) is 13.5. The van der Waals surface area contributed by atoms with Gasteiger partial charge in [0.2, 0.25) is 17.7 Å². The molecule has 47 heavy (non-hydrogen) atoms. The molecule has 0 saturated carbocycles. The second-order valence-electron chi connectivity index (χ2n) is 12.5. The molecule has 3 fully saturated rings. The molecule has 248 valence electrons. The first-order valence-corrected chi connectivity index (χ1v) is 18.3. The fraction of sp³-hybridized carbons (Fsp3) is 0.455. The Morgan fingerprint density at radius 3 is 2.57 bits per heavy atom. The Hall–Kier alpha value is -3.66. The summed E-state index contributed by atoms with van der Waals surface area (Å²) in [7, 11) is -5.00. The molecule has 3 N–H and O–H groups in total. The first-order valence-electron chi connectivity index (χ1n) is 15.8. The Kier molecular flexibility index (Phi) is 9.52. The molecule has 0 radical (unpaired) electrons. The van der Waals surface area contributed by atoms with Crippen LogP contribution in [0.1, 0.15) is 58.8 Å². The lowest BCUT2D eigenvalue weighted by Gasteiger charge is -2.39. The summed E-state index contributed by atoms with van der Waals surface area (Å²) in [5.41, 5.74) is 0.821. The summed E-state index contributed by atoms with van der Waals surface area (Å²) >= 11 is 1.13. The Morgan fingerprint density at radius 2 is 1.87 bits per heavy atom. The highest BCUT2D eigenvalue weighted by molar-refractivity contribution is 7.51. The Labute approximate surface area is 276 Å². The van der Waals surface area contributed by atoms with Crippen molar-refractivity contribution in [2.75, 3.05) is 32.7 Å². The molecule has 0 spiro atoms. The van der Waals surface area contributed by atoms with Crippen LogP contribution >= 0.6 is 18.9 Å². The predicted octanol–water partition coefficient (Wildman–Crippen LogP) is 4.00. The van der Waals surface area contributed by atoms with Gasteiger partial charge in [-0.2, -0.15) is 5.26 Å². The maximum atomic E-state index is 14.3. The minimum Gasteiger partial charge on any atom is -0.339 e. The fourth-order valence-electron chi connectivity index (χ4n) is 7.18. The maximum Gasteiger partial charge on any atom is 0.363 e. The largest absolute Gasteiger partial charge is 0.363 e. The van der Waals surface area contributed by atoms with Crippen molar-refractivity contribution in [1.82, 2.24) is 20.0 Å². The molecule has 2 aromatic carbocycles. The van der Waals surface area contributed by atoms with E-state index in [2.05, 4.69) is 16.3 Å². The molecule has 3 aromatic rings. The summed E-state index contributed by atoms with van der Waals surface area (Å²) in [6.45, 7) is 4.33. The van der Waals surface area contributed by atoms with Gasteiger partial charge in [0.05, 0.1) is 16.9 Å². The quantitative estimate of drug-likeness (QED) is 0.317. The Balaban J connectivity index is 1.22. The molecule has 1 unspecified atom stereocenters. The number of thiophene rings is 1. The molecule has 11 nitrogen and oxygen atoms in total. The first-order chi connectivity index (χ1) is 22.5. The van der Waals surface area contributed by atoms with Gasteiger partial charge in [0.1, 0.15) is 12.1 Å². The van der Waals surface area contributed by atoms with Crippen molar-refractivity contribution >= 4 is 46.7 Å². The van der Waals surface area contributed by atoms with Crippen LogP contribution in [0.15, 0.2) is 54.6 Å². The predicted molar refractivity (Wildman–Crippen MR) is 174 cm³/mol. The van der Waals surface area contributed by atoms with Gasteiger partial charge in [-0.3, -0.25) is 18.9 Å². The third kappa shape index (κ3) is 6.71. The number of likely N-dealkylation sites (N-methyl/N-ethyl adjacent to an activating group) is 1. The highest BCUT2D eigenvalue weighted by atomic mass is 32.1. The SMILES string of the molecule is CCN1CC[C@H]2CC[C@@H](C(=O)N3C[C@@H](C#N)[C@H](c4ccccc4)C3)N2C(=O)C(NC(=O)c2cc3cc([C@H](F)P(=O)(O)O)ccc3s2)C1. The standard InChI is InChI=1S/C33H37FN5O6PS/c1-2-37-13-12-24-9-10-27(33(42)38-17-23(16-35)25(18-38)20-6-4-3-5-7-20)39(24)32(41)26(19-37)36-31(40)29-15-22-14-21(8-11-28(22)47-29)30(34)46(43,44)45/h3-8,11,14-15,23-27,30H,2,9-10,12-13,17-19H2,1H3,(H,36,40)(H2,43,44,45)/t23-,24-,25+,26?,27+,30-/m1/s1. The summed E-state index contributed by atoms with van der Waals surface area (Å²) in [5.74, 6) is -3.93. The number of carbonyl (C=O) groups is 3. The van der Waals surface area contributed by atoms with Crippen LogP contribution in [0, 0.1) is 17.2 Å². The molecule has 0 aliphatic carbocycles. The number of alkyl halides is 1. The molecule has 6 rings (SSSR count). The van der Waals surface area contributed by atoms with E-state index in [-0.39, 0.29) is 46.7 Å². The summed E-state index contributed by atoms with van der Waals surface area (Å²) in [4.78, 5) is 66.2. The number of nitrogens with one attached hydrogen (secondary N) is 1. The van der Waals surface area contributed by atoms with Gasteiger partial charge in [0, 0.05) is 42.8 Å². The molecule has 3 aliphatic heterocycles. The molecular weight excluding hydrogens is 644 g/mol. The molecule has 6 atom stereocenters. The molecule has 3 aliphatic rings. The van der Waals surface area contributed by atoms with Gasteiger partial charge < -0.3 is 29.8 Å². The lowest BCUT2D eigenvalue weighted by Crippen LogP contribution is -2.60. The van der Waals surface area contributed by atoms with Gasteiger partial charge in [-0.25, -0.2) is 4.39 Å². The number of likely N-dealkylation sites (tertiary alicyclic amines) is 1. The summed E-state index contributed by atoms with van der Waals surface area (Å²) in [6, 6.07) is 15.9. The van der Waals surface area contributed by atoms with Crippen molar-refractivity contribution < 1.29 is 33.1 Å². The second-order valence-corrected chi connectivity index (χ2v) is 15.2. The number of fused-ring (bicyclic) bond motifs is 2. The van der Waals surface area contributed by atoms with Crippen LogP contribution in [0.5, 0.6) is 0 Å². The summed E-state index contributed by atoms with van der Waals surface area (Å²) in [6.07, 6.45) is 1.88. The zero-order valence-electron chi connectivity index (χ0n) is 25.9. The summed E-state index contributed by atoms with van der Waals surface area (Å²) in [5, 5.41) is 13.2. The van der Waals surface area contributed by atoms with Crippen molar-refractivity contribution in [3.63, 3.8) is 0 Å². The summed E-state index contributed by atoms with van der Waals surface area (Å²) < 4.78 is 26.4. The molecule has 1 aromatic heterocycles. The first kappa shape index (κ1) is 33.2. The number of amides is 3. The molecule has 14 heteroatoms. The number of hydrogen-bond donors (Lipinski definition) is 3.